The zero-order valence-corrected chi connectivity index (χ0v) is 11.0. The highest BCUT2D eigenvalue weighted by Crippen LogP contribution is 2.35. The Morgan fingerprint density at radius 3 is 2.18 bits per heavy atom. The number of rotatable bonds is 5. The first kappa shape index (κ1) is 14.4. The van der Waals surface area contributed by atoms with Gasteiger partial charge in [0.2, 0.25) is 0 Å². The maximum absolute atomic E-state index is 10.7. The Hall–Kier alpha value is -0.670. The second kappa shape index (κ2) is 5.78. The van der Waals surface area contributed by atoms with E-state index in [1.54, 1.807) is 0 Å². The highest BCUT2D eigenvalue weighted by atomic mass is 31.2. The SMILES string of the molecule is Cc1cc(C)cc(CCC(O)CP(=O)(O)O)c1. The van der Waals surface area contributed by atoms with Crippen LogP contribution in [0.25, 0.3) is 0 Å². The van der Waals surface area contributed by atoms with Crippen LogP contribution in [0.4, 0.5) is 0 Å². The molecule has 5 heteroatoms. The van der Waals surface area contributed by atoms with Gasteiger partial charge in [-0.15, -0.1) is 0 Å². The monoisotopic (exact) mass is 258 g/mol. The topological polar surface area (TPSA) is 77.8 Å². The summed E-state index contributed by atoms with van der Waals surface area (Å²) in [6.07, 6.45) is -0.410. The fourth-order valence-electron chi connectivity index (χ4n) is 1.91. The van der Waals surface area contributed by atoms with E-state index < -0.39 is 19.9 Å². The highest BCUT2D eigenvalue weighted by Gasteiger charge is 2.19. The number of aryl methyl sites for hydroxylation is 3. The van der Waals surface area contributed by atoms with Crippen molar-refractivity contribution in [2.24, 2.45) is 0 Å². The van der Waals surface area contributed by atoms with Gasteiger partial charge < -0.3 is 14.9 Å². The number of aliphatic hydroxyl groups excluding tert-OH is 1. The molecule has 0 aliphatic rings. The molecule has 1 aromatic carbocycles. The van der Waals surface area contributed by atoms with Crippen molar-refractivity contribution in [2.45, 2.75) is 32.8 Å². The van der Waals surface area contributed by atoms with E-state index in [0.717, 1.165) is 16.7 Å². The van der Waals surface area contributed by atoms with E-state index in [2.05, 4.69) is 6.07 Å². The molecule has 3 N–H and O–H groups in total. The lowest BCUT2D eigenvalue weighted by atomic mass is 10.0. The first-order valence-electron chi connectivity index (χ1n) is 5.56. The van der Waals surface area contributed by atoms with Crippen LogP contribution in [0.2, 0.25) is 0 Å². The van der Waals surface area contributed by atoms with E-state index in [-0.39, 0.29) is 0 Å². The molecule has 1 unspecified atom stereocenters. The molecule has 0 radical (unpaired) electrons. The van der Waals surface area contributed by atoms with Crippen LogP contribution >= 0.6 is 7.60 Å². The first-order chi connectivity index (χ1) is 7.76. The van der Waals surface area contributed by atoms with E-state index in [0.29, 0.717) is 12.8 Å². The van der Waals surface area contributed by atoms with Crippen molar-refractivity contribution in [1.29, 1.82) is 0 Å². The third-order valence-electron chi connectivity index (χ3n) is 2.50. The quantitative estimate of drug-likeness (QED) is 0.703. The molecule has 17 heavy (non-hydrogen) atoms. The van der Waals surface area contributed by atoms with Crippen LogP contribution in [0, 0.1) is 13.8 Å². The minimum absolute atomic E-state index is 0.369. The Kier molecular flexibility index (Phi) is 4.90. The minimum atomic E-state index is -4.11. The maximum Gasteiger partial charge on any atom is 0.328 e. The summed E-state index contributed by atoms with van der Waals surface area (Å²) in [5.74, 6) is 0. The van der Waals surface area contributed by atoms with Crippen molar-refractivity contribution in [2.75, 3.05) is 6.16 Å². The molecule has 96 valence electrons. The van der Waals surface area contributed by atoms with Gasteiger partial charge in [0.05, 0.1) is 12.3 Å². The van der Waals surface area contributed by atoms with Gasteiger partial charge in [0.1, 0.15) is 0 Å². The second-order valence-corrected chi connectivity index (χ2v) is 6.23. The summed E-state index contributed by atoms with van der Waals surface area (Å²) in [6, 6.07) is 6.12. The van der Waals surface area contributed by atoms with Crippen LogP contribution in [0.15, 0.2) is 18.2 Å². The molecule has 0 aliphatic heterocycles. The van der Waals surface area contributed by atoms with Crippen LogP contribution < -0.4 is 0 Å². The Morgan fingerprint density at radius 2 is 1.71 bits per heavy atom. The minimum Gasteiger partial charge on any atom is -0.392 e. The number of hydrogen-bond donors (Lipinski definition) is 3. The van der Waals surface area contributed by atoms with Gasteiger partial charge in [0.15, 0.2) is 0 Å². The van der Waals surface area contributed by atoms with Crippen molar-refractivity contribution < 1.29 is 19.5 Å². The highest BCUT2D eigenvalue weighted by molar-refractivity contribution is 7.51. The summed E-state index contributed by atoms with van der Waals surface area (Å²) in [5.41, 5.74) is 3.40. The van der Waals surface area contributed by atoms with Gasteiger partial charge in [-0.2, -0.15) is 0 Å². The predicted octanol–water partition coefficient (Wildman–Crippen LogP) is 1.77. The average molecular weight is 258 g/mol. The molecule has 4 nitrogen and oxygen atoms in total. The summed E-state index contributed by atoms with van der Waals surface area (Å²) in [4.78, 5) is 17.4. The molecule has 0 amide bonds. The second-order valence-electron chi connectivity index (χ2n) is 4.54. The molecule has 0 fully saturated rings. The lowest BCUT2D eigenvalue weighted by molar-refractivity contribution is 0.179. The summed E-state index contributed by atoms with van der Waals surface area (Å²) in [6.45, 7) is 4.01. The third-order valence-corrected chi connectivity index (χ3v) is 3.39. The normalized spacial score (nSPS) is 13.7. The third kappa shape index (κ3) is 5.99. The molecule has 0 saturated heterocycles. The van der Waals surface area contributed by atoms with Gasteiger partial charge in [0.25, 0.3) is 0 Å². The zero-order chi connectivity index (χ0) is 13.1. The molecule has 0 heterocycles. The van der Waals surface area contributed by atoms with Crippen LogP contribution in [-0.2, 0) is 11.0 Å². The Bertz CT molecular complexity index is 404. The fraction of sp³-hybridized carbons (Fsp3) is 0.500. The van der Waals surface area contributed by atoms with Gasteiger partial charge in [-0.1, -0.05) is 29.3 Å². The average Bonchev–Trinajstić information content (AvgIpc) is 2.10. The molecule has 0 bridgehead atoms. The Labute approximate surface area is 101 Å². The van der Waals surface area contributed by atoms with Crippen molar-refractivity contribution in [1.82, 2.24) is 0 Å². The lowest BCUT2D eigenvalue weighted by Gasteiger charge is -2.12. The zero-order valence-electron chi connectivity index (χ0n) is 10.1. The van der Waals surface area contributed by atoms with E-state index in [9.17, 15) is 9.67 Å². The van der Waals surface area contributed by atoms with Gasteiger partial charge in [0, 0.05) is 0 Å². The van der Waals surface area contributed by atoms with E-state index in [4.69, 9.17) is 9.79 Å². The van der Waals surface area contributed by atoms with Crippen LogP contribution in [-0.4, -0.2) is 27.2 Å². The molecular weight excluding hydrogens is 239 g/mol. The summed E-state index contributed by atoms with van der Waals surface area (Å²) < 4.78 is 10.7. The molecule has 1 rings (SSSR count). The summed E-state index contributed by atoms with van der Waals surface area (Å²) >= 11 is 0. The van der Waals surface area contributed by atoms with Gasteiger partial charge in [-0.25, -0.2) is 0 Å². The molecule has 1 atom stereocenters. The first-order valence-corrected chi connectivity index (χ1v) is 7.36. The summed E-state index contributed by atoms with van der Waals surface area (Å²) in [5, 5.41) is 9.49. The van der Waals surface area contributed by atoms with Crippen molar-refractivity contribution >= 4 is 7.60 Å². The standard InChI is InChI=1S/C12H19O4P/c1-9-5-10(2)7-11(6-9)3-4-12(13)8-17(14,15)16/h5-7,12-13H,3-4,8H2,1-2H3,(H2,14,15,16). The van der Waals surface area contributed by atoms with Gasteiger partial charge in [-0.05, 0) is 32.3 Å². The molecule has 0 spiro atoms. The van der Waals surface area contributed by atoms with Gasteiger partial charge >= 0.3 is 7.60 Å². The molecule has 0 aliphatic carbocycles. The smallest absolute Gasteiger partial charge is 0.328 e. The Balaban J connectivity index is 2.53. The van der Waals surface area contributed by atoms with E-state index in [1.165, 1.54) is 0 Å². The van der Waals surface area contributed by atoms with Crippen molar-refractivity contribution in [3.8, 4) is 0 Å². The number of hydrogen-bond acceptors (Lipinski definition) is 2. The lowest BCUT2D eigenvalue weighted by Crippen LogP contribution is -2.13. The fourth-order valence-corrected chi connectivity index (χ4v) is 2.64. The van der Waals surface area contributed by atoms with Crippen LogP contribution in [0.3, 0.4) is 0 Å². The maximum atomic E-state index is 10.7. The summed E-state index contributed by atoms with van der Waals surface area (Å²) in [7, 11) is -4.11. The molecule has 0 aromatic heterocycles. The predicted molar refractivity (Wildman–Crippen MR) is 67.2 cm³/mol. The van der Waals surface area contributed by atoms with Crippen LogP contribution in [0.1, 0.15) is 23.1 Å². The van der Waals surface area contributed by atoms with E-state index in [1.807, 2.05) is 26.0 Å². The number of benzene rings is 1. The molecule has 0 saturated carbocycles. The molecule has 1 aromatic rings. The Morgan fingerprint density at radius 1 is 1.18 bits per heavy atom. The largest absolute Gasteiger partial charge is 0.392 e. The van der Waals surface area contributed by atoms with Crippen molar-refractivity contribution in [3.05, 3.63) is 34.9 Å². The number of aliphatic hydroxyl groups is 1. The molecular formula is C12H19O4P. The van der Waals surface area contributed by atoms with Crippen LogP contribution in [0.5, 0.6) is 0 Å². The van der Waals surface area contributed by atoms with Crippen molar-refractivity contribution in [3.63, 3.8) is 0 Å². The van der Waals surface area contributed by atoms with E-state index >= 15 is 0 Å². The van der Waals surface area contributed by atoms with Gasteiger partial charge in [-0.3, -0.25) is 4.57 Å².